The maximum Gasteiger partial charge on any atom is 0.233 e. The number of amides is 3. The Hall–Kier alpha value is -2.14. The van der Waals surface area contributed by atoms with Crippen LogP contribution in [0.15, 0.2) is 30.4 Å². The summed E-state index contributed by atoms with van der Waals surface area (Å²) in [5.74, 6) is -0.488. The molecule has 1 N–H and O–H groups in total. The van der Waals surface area contributed by atoms with Crippen LogP contribution in [-0.2, 0) is 14.4 Å². The molecule has 2 fully saturated rings. The predicted octanol–water partition coefficient (Wildman–Crippen LogP) is 2.78. The number of likely N-dealkylation sites (tertiary alicyclic amines) is 1. The summed E-state index contributed by atoms with van der Waals surface area (Å²) in [6.45, 7) is 2.02. The smallest absolute Gasteiger partial charge is 0.233 e. The van der Waals surface area contributed by atoms with E-state index in [4.69, 9.17) is 11.6 Å². The monoisotopic (exact) mass is 358 g/mol. The van der Waals surface area contributed by atoms with Crippen molar-refractivity contribution in [1.82, 2.24) is 4.90 Å². The normalized spacial score (nSPS) is 29.4. The fraction of sp³-hybridized carbons (Fsp3) is 0.421. The number of benzene rings is 1. The molecule has 1 aromatic carbocycles. The van der Waals surface area contributed by atoms with Crippen LogP contribution in [-0.4, -0.2) is 29.2 Å². The van der Waals surface area contributed by atoms with Crippen LogP contribution < -0.4 is 5.32 Å². The summed E-state index contributed by atoms with van der Waals surface area (Å²) in [4.78, 5) is 38.6. The highest BCUT2D eigenvalue weighted by molar-refractivity contribution is 6.31. The topological polar surface area (TPSA) is 66.5 Å². The minimum absolute atomic E-state index is 0.0885. The lowest BCUT2D eigenvalue weighted by molar-refractivity contribution is -0.140. The maximum absolute atomic E-state index is 12.6. The molecule has 2 bridgehead atoms. The minimum Gasteiger partial charge on any atom is -0.326 e. The first kappa shape index (κ1) is 16.3. The van der Waals surface area contributed by atoms with E-state index >= 15 is 0 Å². The number of hydrogen-bond acceptors (Lipinski definition) is 3. The molecule has 0 spiro atoms. The highest BCUT2D eigenvalue weighted by atomic mass is 35.5. The number of anilines is 1. The molecule has 1 aromatic rings. The van der Waals surface area contributed by atoms with Crippen molar-refractivity contribution < 1.29 is 14.4 Å². The number of halogens is 1. The van der Waals surface area contributed by atoms with Gasteiger partial charge in [-0.05, 0) is 42.9 Å². The summed E-state index contributed by atoms with van der Waals surface area (Å²) in [6.07, 6.45) is 5.13. The van der Waals surface area contributed by atoms with Crippen molar-refractivity contribution in [2.45, 2.75) is 19.8 Å². The van der Waals surface area contributed by atoms with Gasteiger partial charge in [0.2, 0.25) is 17.7 Å². The Morgan fingerprint density at radius 3 is 2.44 bits per heavy atom. The molecular formula is C19H19ClN2O3. The summed E-state index contributed by atoms with van der Waals surface area (Å²) in [5.41, 5.74) is 1.54. The number of rotatable bonds is 4. The average Bonchev–Trinajstić information content (AvgIpc) is 3.24. The molecule has 4 rings (SSSR count). The van der Waals surface area contributed by atoms with Crippen LogP contribution in [0.1, 0.15) is 18.4 Å². The maximum atomic E-state index is 12.6. The van der Waals surface area contributed by atoms with E-state index in [9.17, 15) is 14.4 Å². The molecule has 2 aliphatic carbocycles. The van der Waals surface area contributed by atoms with Gasteiger partial charge < -0.3 is 5.32 Å². The van der Waals surface area contributed by atoms with Crippen molar-refractivity contribution in [2.24, 2.45) is 23.7 Å². The Labute approximate surface area is 151 Å². The van der Waals surface area contributed by atoms with E-state index in [1.165, 1.54) is 4.90 Å². The van der Waals surface area contributed by atoms with Crippen LogP contribution in [0, 0.1) is 30.6 Å². The Kier molecular flexibility index (Phi) is 3.91. The van der Waals surface area contributed by atoms with Gasteiger partial charge in [-0.2, -0.15) is 0 Å². The largest absolute Gasteiger partial charge is 0.326 e. The van der Waals surface area contributed by atoms with Crippen molar-refractivity contribution in [3.8, 4) is 0 Å². The molecule has 3 amide bonds. The number of aryl methyl sites for hydroxylation is 1. The molecule has 3 aliphatic rings. The Balaban J connectivity index is 1.37. The summed E-state index contributed by atoms with van der Waals surface area (Å²) >= 11 is 6.05. The second-order valence-corrected chi connectivity index (χ2v) is 7.50. The molecule has 130 valence electrons. The molecule has 0 aromatic heterocycles. The van der Waals surface area contributed by atoms with Gasteiger partial charge in [-0.15, -0.1) is 0 Å². The Bertz CT molecular complexity index is 774. The molecule has 4 unspecified atom stereocenters. The second-order valence-electron chi connectivity index (χ2n) is 7.09. The number of allylic oxidation sites excluding steroid dienone is 2. The van der Waals surface area contributed by atoms with E-state index in [2.05, 4.69) is 17.5 Å². The summed E-state index contributed by atoms with van der Waals surface area (Å²) in [5, 5.41) is 3.34. The Morgan fingerprint density at radius 1 is 1.20 bits per heavy atom. The number of carbonyl (C=O) groups excluding carboxylic acids is 3. The molecule has 1 heterocycles. The van der Waals surface area contributed by atoms with Gasteiger partial charge in [0.25, 0.3) is 0 Å². The lowest BCUT2D eigenvalue weighted by atomic mass is 9.85. The number of nitrogens with zero attached hydrogens (tertiary/aromatic N) is 1. The number of imide groups is 1. The van der Waals surface area contributed by atoms with Crippen LogP contribution in [0.3, 0.4) is 0 Å². The predicted molar refractivity (Wildman–Crippen MR) is 93.9 cm³/mol. The minimum atomic E-state index is -0.237. The average molecular weight is 359 g/mol. The van der Waals surface area contributed by atoms with E-state index in [-0.39, 0.29) is 54.4 Å². The molecule has 0 radical (unpaired) electrons. The molecule has 25 heavy (non-hydrogen) atoms. The van der Waals surface area contributed by atoms with Crippen LogP contribution >= 0.6 is 11.6 Å². The quantitative estimate of drug-likeness (QED) is 0.664. The first-order chi connectivity index (χ1) is 12.0. The SMILES string of the molecule is Cc1ccc(NC(=O)CCN2C(=O)C3C4C=CC(C4)C3C2=O)cc1Cl. The Morgan fingerprint density at radius 2 is 1.84 bits per heavy atom. The first-order valence-corrected chi connectivity index (χ1v) is 8.93. The van der Waals surface area contributed by atoms with Gasteiger partial charge in [-0.3, -0.25) is 19.3 Å². The van der Waals surface area contributed by atoms with Gasteiger partial charge in [0.05, 0.1) is 11.8 Å². The molecule has 4 atom stereocenters. The van der Waals surface area contributed by atoms with E-state index < -0.39 is 0 Å². The number of fused-ring (bicyclic) bond motifs is 5. The van der Waals surface area contributed by atoms with Crippen molar-refractivity contribution in [2.75, 3.05) is 11.9 Å². The lowest BCUT2D eigenvalue weighted by Gasteiger charge is -2.17. The first-order valence-electron chi connectivity index (χ1n) is 8.55. The fourth-order valence-electron chi connectivity index (χ4n) is 4.29. The standard InChI is InChI=1S/C19H19ClN2O3/c1-10-2-5-13(9-14(10)20)21-15(23)6-7-22-18(24)16-11-3-4-12(8-11)17(16)19(22)25/h2-5,9,11-12,16-17H,6-8H2,1H3,(H,21,23). The van der Waals surface area contributed by atoms with Gasteiger partial charge in [-0.25, -0.2) is 0 Å². The van der Waals surface area contributed by atoms with Gasteiger partial charge in [0, 0.05) is 23.7 Å². The van der Waals surface area contributed by atoms with Gasteiger partial charge in [0.1, 0.15) is 0 Å². The third-order valence-corrected chi connectivity index (χ3v) is 5.99. The van der Waals surface area contributed by atoms with Crippen molar-refractivity contribution in [1.29, 1.82) is 0 Å². The highest BCUT2D eigenvalue weighted by Gasteiger charge is 2.58. The van der Waals surface area contributed by atoms with Crippen molar-refractivity contribution >= 4 is 35.0 Å². The highest BCUT2D eigenvalue weighted by Crippen LogP contribution is 2.52. The zero-order chi connectivity index (χ0) is 17.7. The zero-order valence-electron chi connectivity index (χ0n) is 13.9. The van der Waals surface area contributed by atoms with E-state index in [0.29, 0.717) is 10.7 Å². The molecule has 1 saturated heterocycles. The van der Waals surface area contributed by atoms with E-state index in [1.807, 2.05) is 13.0 Å². The molecule has 6 heteroatoms. The number of carbonyl (C=O) groups is 3. The third-order valence-electron chi connectivity index (χ3n) is 5.58. The number of nitrogens with one attached hydrogen (secondary N) is 1. The molecule has 1 aliphatic heterocycles. The summed E-state index contributed by atoms with van der Waals surface area (Å²) in [7, 11) is 0. The van der Waals surface area contributed by atoms with Crippen LogP contribution in [0.25, 0.3) is 0 Å². The summed E-state index contributed by atoms with van der Waals surface area (Å²) in [6, 6.07) is 5.29. The van der Waals surface area contributed by atoms with Crippen LogP contribution in [0.4, 0.5) is 5.69 Å². The van der Waals surface area contributed by atoms with E-state index in [0.717, 1.165) is 12.0 Å². The second kappa shape index (κ2) is 5.99. The summed E-state index contributed by atoms with van der Waals surface area (Å²) < 4.78 is 0. The van der Waals surface area contributed by atoms with Crippen molar-refractivity contribution in [3.63, 3.8) is 0 Å². The van der Waals surface area contributed by atoms with Crippen LogP contribution in [0.2, 0.25) is 5.02 Å². The third kappa shape index (κ3) is 2.67. The molecule has 1 saturated carbocycles. The van der Waals surface area contributed by atoms with Gasteiger partial charge in [0.15, 0.2) is 0 Å². The van der Waals surface area contributed by atoms with Crippen molar-refractivity contribution in [3.05, 3.63) is 40.9 Å². The lowest BCUT2D eigenvalue weighted by Crippen LogP contribution is -2.35. The van der Waals surface area contributed by atoms with Gasteiger partial charge in [-0.1, -0.05) is 29.8 Å². The van der Waals surface area contributed by atoms with Gasteiger partial charge >= 0.3 is 0 Å². The van der Waals surface area contributed by atoms with E-state index in [1.54, 1.807) is 12.1 Å². The van der Waals surface area contributed by atoms with Crippen LogP contribution in [0.5, 0.6) is 0 Å². The molecular weight excluding hydrogens is 340 g/mol. The molecule has 5 nitrogen and oxygen atoms in total. The number of hydrogen-bond donors (Lipinski definition) is 1. The fourth-order valence-corrected chi connectivity index (χ4v) is 4.47. The zero-order valence-corrected chi connectivity index (χ0v) is 14.6.